The molecule has 0 unspecified atom stereocenters. The third-order valence-corrected chi connectivity index (χ3v) is 3.72. The van der Waals surface area contributed by atoms with Crippen molar-refractivity contribution in [1.82, 2.24) is 0 Å². The van der Waals surface area contributed by atoms with Crippen molar-refractivity contribution < 1.29 is 19.1 Å². The van der Waals surface area contributed by atoms with Gasteiger partial charge in [0.25, 0.3) is 5.91 Å². The van der Waals surface area contributed by atoms with Crippen LogP contribution in [0.3, 0.4) is 0 Å². The van der Waals surface area contributed by atoms with Gasteiger partial charge in [-0.3, -0.25) is 9.59 Å². The van der Waals surface area contributed by atoms with Crippen LogP contribution in [0.2, 0.25) is 5.02 Å². The first-order valence-electron chi connectivity index (χ1n) is 6.78. The zero-order valence-electron chi connectivity index (χ0n) is 12.2. The Balaban J connectivity index is 2.04. The number of nitrogens with one attached hydrogen (secondary N) is 1. The summed E-state index contributed by atoms with van der Waals surface area (Å²) in [4.78, 5) is 23.6. The number of aryl methyl sites for hydroxylation is 1. The lowest BCUT2D eigenvalue weighted by Crippen LogP contribution is -2.30. The minimum absolute atomic E-state index is 0.0347. The molecule has 5 nitrogen and oxygen atoms in total. The highest BCUT2D eigenvalue weighted by Gasteiger charge is 2.33. The van der Waals surface area contributed by atoms with Gasteiger partial charge in [-0.25, -0.2) is 0 Å². The average Bonchev–Trinajstić information content (AvgIpc) is 3.26. The summed E-state index contributed by atoms with van der Waals surface area (Å²) in [5.41, 5.74) is 1.31. The van der Waals surface area contributed by atoms with Crippen molar-refractivity contribution in [2.24, 2.45) is 5.92 Å². The molecule has 0 saturated heterocycles. The first-order chi connectivity index (χ1) is 9.92. The Morgan fingerprint density at radius 3 is 2.62 bits per heavy atom. The molecule has 1 amide bonds. The quantitative estimate of drug-likeness (QED) is 0.849. The van der Waals surface area contributed by atoms with Crippen LogP contribution in [0.15, 0.2) is 12.1 Å². The fraction of sp³-hybridized carbons (Fsp3) is 0.467. The molecule has 0 aromatic heterocycles. The molecule has 1 aromatic rings. The summed E-state index contributed by atoms with van der Waals surface area (Å²) in [6.07, 6.45) is 0.841. The van der Waals surface area contributed by atoms with Crippen LogP contribution < -0.4 is 10.1 Å². The molecule has 0 heterocycles. The second-order valence-corrected chi connectivity index (χ2v) is 5.55. The molecule has 1 aromatic carbocycles. The molecule has 0 bridgehead atoms. The number of ether oxygens (including phenoxy) is 2. The Morgan fingerprint density at radius 2 is 2.05 bits per heavy atom. The summed E-state index contributed by atoms with van der Waals surface area (Å²) < 4.78 is 10.3. The SMILES string of the molecule is COc1cc(Cl)c(C)cc1NC(=O)[C@H](C)OC(=O)C1CC1. The van der Waals surface area contributed by atoms with Gasteiger partial charge in [0.1, 0.15) is 5.75 Å². The van der Waals surface area contributed by atoms with E-state index in [4.69, 9.17) is 21.1 Å². The molecule has 1 N–H and O–H groups in total. The maximum absolute atomic E-state index is 12.1. The number of amides is 1. The van der Waals surface area contributed by atoms with Gasteiger partial charge < -0.3 is 14.8 Å². The number of benzene rings is 1. The molecule has 0 radical (unpaired) electrons. The third-order valence-electron chi connectivity index (χ3n) is 3.31. The van der Waals surface area contributed by atoms with E-state index >= 15 is 0 Å². The second-order valence-electron chi connectivity index (χ2n) is 5.14. The Kier molecular flexibility index (Phi) is 4.73. The van der Waals surface area contributed by atoms with Gasteiger partial charge in [-0.2, -0.15) is 0 Å². The molecule has 1 atom stereocenters. The van der Waals surface area contributed by atoms with Crippen LogP contribution in [0, 0.1) is 12.8 Å². The second kappa shape index (κ2) is 6.35. The fourth-order valence-electron chi connectivity index (χ4n) is 1.81. The topological polar surface area (TPSA) is 64.6 Å². The lowest BCUT2D eigenvalue weighted by atomic mass is 10.2. The van der Waals surface area contributed by atoms with Crippen molar-refractivity contribution in [3.05, 3.63) is 22.7 Å². The maximum Gasteiger partial charge on any atom is 0.309 e. The van der Waals surface area contributed by atoms with Gasteiger partial charge in [0.15, 0.2) is 6.10 Å². The highest BCUT2D eigenvalue weighted by molar-refractivity contribution is 6.31. The number of halogens is 1. The molecule has 1 fully saturated rings. The summed E-state index contributed by atoms with van der Waals surface area (Å²) >= 11 is 6.01. The number of rotatable bonds is 5. The number of carbonyl (C=O) groups is 2. The predicted octanol–water partition coefficient (Wildman–Crippen LogP) is 2.94. The summed E-state index contributed by atoms with van der Waals surface area (Å²) in [7, 11) is 1.49. The minimum atomic E-state index is -0.848. The van der Waals surface area contributed by atoms with E-state index < -0.39 is 12.0 Å². The van der Waals surface area contributed by atoms with E-state index in [2.05, 4.69) is 5.32 Å². The van der Waals surface area contributed by atoms with Crippen molar-refractivity contribution in [2.75, 3.05) is 12.4 Å². The number of hydrogen-bond donors (Lipinski definition) is 1. The molecule has 1 aliphatic carbocycles. The Bertz CT molecular complexity index is 569. The molecule has 1 saturated carbocycles. The summed E-state index contributed by atoms with van der Waals surface area (Å²) in [5, 5.41) is 3.25. The number of anilines is 1. The van der Waals surface area contributed by atoms with Crippen LogP contribution >= 0.6 is 11.6 Å². The highest BCUT2D eigenvalue weighted by Crippen LogP contribution is 2.32. The van der Waals surface area contributed by atoms with Crippen LogP contribution in [-0.2, 0) is 14.3 Å². The maximum atomic E-state index is 12.1. The van der Waals surface area contributed by atoms with E-state index in [0.717, 1.165) is 18.4 Å². The van der Waals surface area contributed by atoms with E-state index in [1.54, 1.807) is 19.1 Å². The summed E-state index contributed by atoms with van der Waals surface area (Å²) in [6.45, 7) is 3.37. The number of hydrogen-bond acceptors (Lipinski definition) is 4. The average molecular weight is 312 g/mol. The van der Waals surface area contributed by atoms with Crippen molar-refractivity contribution in [3.8, 4) is 5.75 Å². The largest absolute Gasteiger partial charge is 0.495 e. The molecule has 6 heteroatoms. The third kappa shape index (κ3) is 3.88. The summed E-state index contributed by atoms with van der Waals surface area (Å²) in [6, 6.07) is 3.35. The lowest BCUT2D eigenvalue weighted by molar-refractivity contribution is -0.154. The molecule has 114 valence electrons. The van der Waals surface area contributed by atoms with E-state index in [-0.39, 0.29) is 11.9 Å². The molecule has 2 rings (SSSR count). The van der Waals surface area contributed by atoms with E-state index in [9.17, 15) is 9.59 Å². The Morgan fingerprint density at radius 1 is 1.38 bits per heavy atom. The minimum Gasteiger partial charge on any atom is -0.495 e. The number of methoxy groups -OCH3 is 1. The molecular formula is C15H18ClNO4. The number of esters is 1. The molecular weight excluding hydrogens is 294 g/mol. The van der Waals surface area contributed by atoms with Gasteiger partial charge >= 0.3 is 5.97 Å². The van der Waals surface area contributed by atoms with Crippen LogP contribution in [-0.4, -0.2) is 25.1 Å². The normalized spacial score (nSPS) is 15.2. The molecule has 0 aliphatic heterocycles. The molecule has 0 spiro atoms. The van der Waals surface area contributed by atoms with Gasteiger partial charge in [-0.15, -0.1) is 0 Å². The van der Waals surface area contributed by atoms with Crippen molar-refractivity contribution in [3.63, 3.8) is 0 Å². The van der Waals surface area contributed by atoms with Gasteiger partial charge in [0, 0.05) is 11.1 Å². The van der Waals surface area contributed by atoms with Gasteiger partial charge in [0.2, 0.25) is 0 Å². The van der Waals surface area contributed by atoms with Gasteiger partial charge in [0.05, 0.1) is 18.7 Å². The van der Waals surface area contributed by atoms with Crippen LogP contribution in [0.1, 0.15) is 25.3 Å². The number of carbonyl (C=O) groups excluding carboxylic acids is 2. The van der Waals surface area contributed by atoms with Crippen LogP contribution in [0.25, 0.3) is 0 Å². The van der Waals surface area contributed by atoms with Crippen molar-refractivity contribution >= 4 is 29.2 Å². The summed E-state index contributed by atoms with van der Waals surface area (Å²) in [5.74, 6) is -0.284. The van der Waals surface area contributed by atoms with Gasteiger partial charge in [-0.1, -0.05) is 11.6 Å². The van der Waals surface area contributed by atoms with Crippen LogP contribution in [0.5, 0.6) is 5.75 Å². The van der Waals surface area contributed by atoms with E-state index in [1.165, 1.54) is 7.11 Å². The molecule has 1 aliphatic rings. The zero-order valence-corrected chi connectivity index (χ0v) is 13.0. The standard InChI is InChI=1S/C15H18ClNO4/c1-8-6-12(13(20-3)7-11(8)16)17-14(18)9(2)21-15(19)10-4-5-10/h6-7,9-10H,4-5H2,1-3H3,(H,17,18)/t9-/m0/s1. The monoisotopic (exact) mass is 311 g/mol. The van der Waals surface area contributed by atoms with Crippen molar-refractivity contribution in [1.29, 1.82) is 0 Å². The zero-order chi connectivity index (χ0) is 15.6. The first kappa shape index (κ1) is 15.6. The smallest absolute Gasteiger partial charge is 0.309 e. The Hall–Kier alpha value is -1.75. The first-order valence-corrected chi connectivity index (χ1v) is 7.15. The predicted molar refractivity (Wildman–Crippen MR) is 79.6 cm³/mol. The molecule has 21 heavy (non-hydrogen) atoms. The Labute approximate surface area is 128 Å². The van der Waals surface area contributed by atoms with E-state index in [1.807, 2.05) is 6.92 Å². The van der Waals surface area contributed by atoms with E-state index in [0.29, 0.717) is 16.5 Å². The van der Waals surface area contributed by atoms with Crippen LogP contribution in [0.4, 0.5) is 5.69 Å². The van der Waals surface area contributed by atoms with Gasteiger partial charge in [-0.05, 0) is 38.3 Å². The highest BCUT2D eigenvalue weighted by atomic mass is 35.5. The van der Waals surface area contributed by atoms with Crippen molar-refractivity contribution in [2.45, 2.75) is 32.8 Å². The lowest BCUT2D eigenvalue weighted by Gasteiger charge is -2.16. The fourth-order valence-corrected chi connectivity index (χ4v) is 1.96.